The summed E-state index contributed by atoms with van der Waals surface area (Å²) in [5.41, 5.74) is -0.325. The minimum absolute atomic E-state index is 0.0722. The summed E-state index contributed by atoms with van der Waals surface area (Å²) in [5, 5.41) is 11.1. The van der Waals surface area contributed by atoms with Gasteiger partial charge in [0.2, 0.25) is 0 Å². The highest BCUT2D eigenvalue weighted by molar-refractivity contribution is 9.10. The summed E-state index contributed by atoms with van der Waals surface area (Å²) in [4.78, 5) is 26.0. The molecule has 7 heteroatoms. The maximum atomic E-state index is 12.2. The lowest BCUT2D eigenvalue weighted by Crippen LogP contribution is -2.34. The Bertz CT molecular complexity index is 453. The molecule has 17 heavy (non-hydrogen) atoms. The second-order valence-electron chi connectivity index (χ2n) is 3.39. The fraction of sp³-hybridized carbons (Fsp3) is 0.300. The van der Waals surface area contributed by atoms with Gasteiger partial charge in [-0.25, -0.2) is 14.2 Å². The molecule has 0 saturated carbocycles. The molecular formula is C10H10BrFN2O3. The van der Waals surface area contributed by atoms with E-state index in [0.29, 0.717) is 4.47 Å². The molecule has 0 fully saturated rings. The Labute approximate surface area is 105 Å². The highest BCUT2D eigenvalue weighted by Gasteiger charge is 2.15. The normalized spacial score (nSPS) is 11.9. The molecule has 92 valence electrons. The molecule has 0 aliphatic rings. The van der Waals surface area contributed by atoms with Crippen LogP contribution in [0.2, 0.25) is 0 Å². The number of nitrogens with one attached hydrogen (secondary N) is 1. The molecule has 1 amide bonds. The van der Waals surface area contributed by atoms with Crippen LogP contribution in [0.5, 0.6) is 0 Å². The lowest BCUT2D eigenvalue weighted by molar-refractivity contribution is 0.0690. The molecule has 1 unspecified atom stereocenters. The molecule has 0 saturated heterocycles. The Balaban J connectivity index is 2.97. The van der Waals surface area contributed by atoms with Crippen LogP contribution in [-0.4, -0.2) is 34.7 Å². The number of alkyl halides is 1. The molecule has 1 aromatic rings. The van der Waals surface area contributed by atoms with Crippen LogP contribution in [0.25, 0.3) is 0 Å². The van der Waals surface area contributed by atoms with Gasteiger partial charge in [0.25, 0.3) is 5.91 Å². The number of hydrogen-bond acceptors (Lipinski definition) is 3. The fourth-order valence-electron chi connectivity index (χ4n) is 1.06. The van der Waals surface area contributed by atoms with Crippen molar-refractivity contribution in [1.29, 1.82) is 0 Å². The lowest BCUT2D eigenvalue weighted by Gasteiger charge is -2.09. The summed E-state index contributed by atoms with van der Waals surface area (Å²) >= 11 is 3.08. The zero-order valence-corrected chi connectivity index (χ0v) is 10.5. The Morgan fingerprint density at radius 1 is 1.53 bits per heavy atom. The van der Waals surface area contributed by atoms with Crippen molar-refractivity contribution in [3.8, 4) is 0 Å². The monoisotopic (exact) mass is 304 g/mol. The number of aromatic nitrogens is 1. The number of nitrogens with zero attached hydrogens (tertiary/aromatic N) is 1. The van der Waals surface area contributed by atoms with Crippen molar-refractivity contribution >= 4 is 27.8 Å². The van der Waals surface area contributed by atoms with Gasteiger partial charge in [-0.2, -0.15) is 0 Å². The zero-order chi connectivity index (χ0) is 13.0. The Kier molecular flexibility index (Phi) is 4.56. The second-order valence-corrected chi connectivity index (χ2v) is 4.31. The number of halogens is 2. The highest BCUT2D eigenvalue weighted by atomic mass is 79.9. The molecule has 0 aliphatic heterocycles. The molecule has 1 rings (SSSR count). The summed E-state index contributed by atoms with van der Waals surface area (Å²) < 4.78 is 12.6. The van der Waals surface area contributed by atoms with Crippen LogP contribution >= 0.6 is 15.9 Å². The van der Waals surface area contributed by atoms with Gasteiger partial charge in [-0.1, -0.05) is 15.9 Å². The SMILES string of the molecule is CC(CF)NC(=O)c1cc(Br)cc(C(=O)O)n1. The number of pyridine rings is 1. The number of carboxylic acid groups (broad SMARTS) is 1. The topological polar surface area (TPSA) is 79.3 Å². The van der Waals surface area contributed by atoms with E-state index in [4.69, 9.17) is 5.11 Å². The number of carbonyl (C=O) groups excluding carboxylic acids is 1. The van der Waals surface area contributed by atoms with Gasteiger partial charge >= 0.3 is 5.97 Å². The summed E-state index contributed by atoms with van der Waals surface area (Å²) in [6, 6.07) is 2.00. The smallest absolute Gasteiger partial charge is 0.354 e. The van der Waals surface area contributed by atoms with E-state index in [1.165, 1.54) is 19.1 Å². The number of hydrogen-bond donors (Lipinski definition) is 2. The van der Waals surface area contributed by atoms with Crippen molar-refractivity contribution in [2.24, 2.45) is 0 Å². The zero-order valence-electron chi connectivity index (χ0n) is 8.91. The predicted molar refractivity (Wildman–Crippen MR) is 61.8 cm³/mol. The van der Waals surface area contributed by atoms with E-state index in [-0.39, 0.29) is 11.4 Å². The van der Waals surface area contributed by atoms with Crippen LogP contribution in [-0.2, 0) is 0 Å². The molecule has 0 aliphatic carbocycles. The van der Waals surface area contributed by atoms with Crippen molar-refractivity contribution in [3.05, 3.63) is 28.0 Å². The van der Waals surface area contributed by atoms with E-state index in [9.17, 15) is 14.0 Å². The molecule has 5 nitrogen and oxygen atoms in total. The molecule has 0 aromatic carbocycles. The number of carbonyl (C=O) groups is 2. The van der Waals surface area contributed by atoms with Crippen molar-refractivity contribution in [2.75, 3.05) is 6.67 Å². The van der Waals surface area contributed by atoms with Gasteiger partial charge < -0.3 is 10.4 Å². The quantitative estimate of drug-likeness (QED) is 0.886. The van der Waals surface area contributed by atoms with Gasteiger partial charge in [-0.05, 0) is 19.1 Å². The first kappa shape index (κ1) is 13.6. The Morgan fingerprint density at radius 2 is 2.12 bits per heavy atom. The van der Waals surface area contributed by atoms with Gasteiger partial charge in [0.05, 0.1) is 6.04 Å². The maximum Gasteiger partial charge on any atom is 0.354 e. The third kappa shape index (κ3) is 3.77. The maximum absolute atomic E-state index is 12.2. The molecule has 1 aromatic heterocycles. The first-order valence-electron chi connectivity index (χ1n) is 4.71. The van der Waals surface area contributed by atoms with Gasteiger partial charge in [0.15, 0.2) is 0 Å². The summed E-state index contributed by atoms with van der Waals surface area (Å²) in [5.74, 6) is -1.85. The van der Waals surface area contributed by atoms with E-state index in [1.807, 2.05) is 0 Å². The van der Waals surface area contributed by atoms with Gasteiger partial charge in [-0.15, -0.1) is 0 Å². The van der Waals surface area contributed by atoms with Gasteiger partial charge in [0, 0.05) is 4.47 Å². The molecule has 0 radical (unpaired) electrons. The molecule has 1 heterocycles. The summed E-state index contributed by atoms with van der Waals surface area (Å²) in [7, 11) is 0. The van der Waals surface area contributed by atoms with E-state index >= 15 is 0 Å². The van der Waals surface area contributed by atoms with Crippen molar-refractivity contribution in [1.82, 2.24) is 10.3 Å². The third-order valence-electron chi connectivity index (χ3n) is 1.85. The number of aromatic carboxylic acids is 1. The number of carboxylic acids is 1. The van der Waals surface area contributed by atoms with Gasteiger partial charge in [0.1, 0.15) is 18.1 Å². The average molecular weight is 305 g/mol. The third-order valence-corrected chi connectivity index (χ3v) is 2.31. The van der Waals surface area contributed by atoms with Crippen LogP contribution in [0.15, 0.2) is 16.6 Å². The van der Waals surface area contributed by atoms with Crippen molar-refractivity contribution in [3.63, 3.8) is 0 Å². The average Bonchev–Trinajstić information content (AvgIpc) is 2.27. The van der Waals surface area contributed by atoms with Crippen LogP contribution in [0.3, 0.4) is 0 Å². The van der Waals surface area contributed by atoms with Crippen LogP contribution in [0.4, 0.5) is 4.39 Å². The Morgan fingerprint density at radius 3 is 2.65 bits per heavy atom. The molecule has 0 spiro atoms. The van der Waals surface area contributed by atoms with Crippen LogP contribution in [0, 0.1) is 0 Å². The van der Waals surface area contributed by atoms with Crippen LogP contribution < -0.4 is 5.32 Å². The lowest BCUT2D eigenvalue weighted by atomic mass is 10.2. The molecular weight excluding hydrogens is 295 g/mol. The minimum Gasteiger partial charge on any atom is -0.477 e. The summed E-state index contributed by atoms with van der Waals surface area (Å²) in [6.07, 6.45) is 0. The van der Waals surface area contributed by atoms with Crippen LogP contribution in [0.1, 0.15) is 27.9 Å². The van der Waals surface area contributed by atoms with E-state index < -0.39 is 24.6 Å². The second kappa shape index (κ2) is 5.72. The first-order chi connectivity index (χ1) is 7.93. The van der Waals surface area contributed by atoms with Gasteiger partial charge in [-0.3, -0.25) is 4.79 Å². The first-order valence-corrected chi connectivity index (χ1v) is 5.51. The summed E-state index contributed by atoms with van der Waals surface area (Å²) in [6.45, 7) is 0.791. The van der Waals surface area contributed by atoms with Crippen molar-refractivity contribution in [2.45, 2.75) is 13.0 Å². The largest absolute Gasteiger partial charge is 0.477 e. The molecule has 1 atom stereocenters. The van der Waals surface area contributed by atoms with Crippen molar-refractivity contribution < 1.29 is 19.1 Å². The number of rotatable bonds is 4. The van der Waals surface area contributed by atoms with E-state index in [2.05, 4.69) is 26.2 Å². The van der Waals surface area contributed by atoms with E-state index in [1.54, 1.807) is 0 Å². The molecule has 2 N–H and O–H groups in total. The fourth-order valence-corrected chi connectivity index (χ4v) is 1.49. The number of amides is 1. The predicted octanol–water partition coefficient (Wildman–Crippen LogP) is 1.63. The van der Waals surface area contributed by atoms with E-state index in [0.717, 1.165) is 0 Å². The Hall–Kier alpha value is -1.50. The highest BCUT2D eigenvalue weighted by Crippen LogP contribution is 2.13. The molecule has 0 bridgehead atoms. The minimum atomic E-state index is -1.24. The standard InChI is InChI=1S/C10H10BrFN2O3/c1-5(4-12)13-9(15)7-2-6(11)3-8(14-7)10(16)17/h2-3,5H,4H2,1H3,(H,13,15)(H,16,17).